The predicted molar refractivity (Wildman–Crippen MR) is 100 cm³/mol. The van der Waals surface area contributed by atoms with Crippen LogP contribution in [0.3, 0.4) is 0 Å². The summed E-state index contributed by atoms with van der Waals surface area (Å²) in [6.07, 6.45) is 0. The Morgan fingerprint density at radius 3 is 1.89 bits per heavy atom. The fraction of sp³-hybridized carbons (Fsp3) is 0. The van der Waals surface area contributed by atoms with Gasteiger partial charge >= 0.3 is 5.97 Å². The predicted octanol–water partition coefficient (Wildman–Crippen LogP) is 4.26. The Morgan fingerprint density at radius 1 is 0.786 bits per heavy atom. The van der Waals surface area contributed by atoms with Crippen LogP contribution in [0.4, 0.5) is 11.4 Å². The molecule has 0 aliphatic carbocycles. The van der Waals surface area contributed by atoms with Crippen LogP contribution in [0.5, 0.6) is 5.75 Å². The first-order valence-corrected chi connectivity index (χ1v) is 7.80. The number of carbonyl (C=O) groups is 1. The molecule has 9 heteroatoms. The van der Waals surface area contributed by atoms with Gasteiger partial charge in [0.1, 0.15) is 5.75 Å². The average Bonchev–Trinajstić information content (AvgIpc) is 2.68. The van der Waals surface area contributed by atoms with Crippen molar-refractivity contribution in [1.82, 2.24) is 0 Å². The summed E-state index contributed by atoms with van der Waals surface area (Å²) in [6, 6.07) is 17.5. The van der Waals surface area contributed by atoms with Gasteiger partial charge < -0.3 is 10.2 Å². The maximum Gasteiger partial charge on any atom is 0.336 e. The fourth-order valence-corrected chi connectivity index (χ4v) is 2.31. The Morgan fingerprint density at radius 2 is 1.36 bits per heavy atom. The van der Waals surface area contributed by atoms with Gasteiger partial charge in [-0.05, 0) is 23.3 Å². The Balaban J connectivity index is 0.000000237. The summed E-state index contributed by atoms with van der Waals surface area (Å²) < 4.78 is 0. The lowest BCUT2D eigenvalue weighted by Crippen LogP contribution is -1.99. The third-order valence-electron chi connectivity index (χ3n) is 3.57. The number of hydrogen-bond donors (Lipinski definition) is 2. The number of hydrogen-bond acceptors (Lipinski definition) is 6. The molecule has 3 aromatic carbocycles. The largest absolute Gasteiger partial charge is 0.508 e. The van der Waals surface area contributed by atoms with E-state index in [1.807, 2.05) is 0 Å². The number of carboxylic acid groups (broad SMARTS) is 1. The quantitative estimate of drug-likeness (QED) is 0.506. The summed E-state index contributed by atoms with van der Waals surface area (Å²) in [6.45, 7) is 0. The highest BCUT2D eigenvalue weighted by atomic mass is 16.6. The summed E-state index contributed by atoms with van der Waals surface area (Å²) >= 11 is 0. The van der Waals surface area contributed by atoms with Gasteiger partial charge in [-0.25, -0.2) is 4.79 Å². The van der Waals surface area contributed by atoms with Gasteiger partial charge in [0.2, 0.25) is 0 Å². The van der Waals surface area contributed by atoms with Crippen LogP contribution in [-0.4, -0.2) is 26.0 Å². The van der Waals surface area contributed by atoms with Gasteiger partial charge in [-0.2, -0.15) is 0 Å². The number of non-ortho nitro benzene ring substituents is 2. The maximum absolute atomic E-state index is 11.1. The van der Waals surface area contributed by atoms with Crippen LogP contribution in [0.25, 0.3) is 11.1 Å². The molecule has 0 amide bonds. The van der Waals surface area contributed by atoms with Crippen LogP contribution in [0.1, 0.15) is 10.4 Å². The SMILES string of the molecule is O=C(O)c1ccccc1-c1cccc([N+](=O)[O-])c1.O=[N+]([O-])c1cccc(O)c1. The molecular formula is C19H14N2O7. The van der Waals surface area contributed by atoms with Crippen LogP contribution in [0, 0.1) is 20.2 Å². The van der Waals surface area contributed by atoms with E-state index in [9.17, 15) is 25.0 Å². The summed E-state index contributed by atoms with van der Waals surface area (Å²) in [5.74, 6) is -1.15. The van der Waals surface area contributed by atoms with Crippen LogP contribution < -0.4 is 0 Å². The van der Waals surface area contributed by atoms with Gasteiger partial charge in [0.05, 0.1) is 21.5 Å². The molecule has 0 saturated heterocycles. The van der Waals surface area contributed by atoms with Crippen molar-refractivity contribution in [2.45, 2.75) is 0 Å². The van der Waals surface area contributed by atoms with Crippen LogP contribution in [0.2, 0.25) is 0 Å². The minimum atomic E-state index is -1.06. The van der Waals surface area contributed by atoms with E-state index in [-0.39, 0.29) is 22.7 Å². The van der Waals surface area contributed by atoms with E-state index in [1.165, 1.54) is 42.5 Å². The van der Waals surface area contributed by atoms with E-state index in [1.54, 1.807) is 24.3 Å². The lowest BCUT2D eigenvalue weighted by atomic mass is 9.99. The molecule has 0 bridgehead atoms. The lowest BCUT2D eigenvalue weighted by Gasteiger charge is -2.05. The number of aromatic carboxylic acids is 1. The Labute approximate surface area is 158 Å². The summed E-state index contributed by atoms with van der Waals surface area (Å²) in [5.41, 5.74) is 0.946. The van der Waals surface area contributed by atoms with E-state index in [2.05, 4.69) is 0 Å². The monoisotopic (exact) mass is 382 g/mol. The number of rotatable bonds is 4. The molecule has 0 radical (unpaired) electrons. The molecule has 0 aliphatic rings. The highest BCUT2D eigenvalue weighted by Gasteiger charge is 2.13. The zero-order valence-corrected chi connectivity index (χ0v) is 14.3. The number of nitrogens with zero attached hydrogens (tertiary/aromatic N) is 2. The molecule has 0 spiro atoms. The van der Waals surface area contributed by atoms with Gasteiger partial charge in [0, 0.05) is 18.2 Å². The van der Waals surface area contributed by atoms with Crippen LogP contribution in [0.15, 0.2) is 72.8 Å². The third-order valence-corrected chi connectivity index (χ3v) is 3.57. The van der Waals surface area contributed by atoms with Crippen LogP contribution >= 0.6 is 0 Å². The first kappa shape index (κ1) is 20.0. The van der Waals surface area contributed by atoms with E-state index >= 15 is 0 Å². The van der Waals surface area contributed by atoms with Crippen molar-refractivity contribution in [1.29, 1.82) is 0 Å². The fourth-order valence-electron chi connectivity index (χ4n) is 2.31. The van der Waals surface area contributed by atoms with Crippen molar-refractivity contribution < 1.29 is 24.9 Å². The smallest absolute Gasteiger partial charge is 0.336 e. The molecule has 0 unspecified atom stereocenters. The average molecular weight is 382 g/mol. The van der Waals surface area contributed by atoms with Gasteiger partial charge in [0.15, 0.2) is 0 Å². The molecule has 28 heavy (non-hydrogen) atoms. The third kappa shape index (κ3) is 5.11. The van der Waals surface area contributed by atoms with E-state index in [0.29, 0.717) is 11.1 Å². The van der Waals surface area contributed by atoms with E-state index < -0.39 is 15.8 Å². The van der Waals surface area contributed by atoms with Gasteiger partial charge in [0.25, 0.3) is 11.4 Å². The number of carboxylic acids is 1. The Kier molecular flexibility index (Phi) is 6.37. The lowest BCUT2D eigenvalue weighted by molar-refractivity contribution is -0.385. The summed E-state index contributed by atoms with van der Waals surface area (Å²) in [7, 11) is 0. The number of phenols is 1. The summed E-state index contributed by atoms with van der Waals surface area (Å²) in [4.78, 5) is 30.8. The molecule has 142 valence electrons. The second kappa shape index (κ2) is 8.90. The van der Waals surface area contributed by atoms with Crippen molar-refractivity contribution in [3.05, 3.63) is 98.6 Å². The maximum atomic E-state index is 11.1. The van der Waals surface area contributed by atoms with Crippen molar-refractivity contribution in [2.24, 2.45) is 0 Å². The number of phenolic OH excluding ortho intramolecular Hbond substituents is 1. The molecule has 0 atom stereocenters. The second-order valence-electron chi connectivity index (χ2n) is 5.44. The summed E-state index contributed by atoms with van der Waals surface area (Å²) in [5, 5.41) is 38.6. The minimum absolute atomic E-state index is 0.0623. The van der Waals surface area contributed by atoms with Crippen molar-refractivity contribution >= 4 is 17.3 Å². The molecule has 0 fully saturated rings. The van der Waals surface area contributed by atoms with Gasteiger partial charge in [-0.3, -0.25) is 20.2 Å². The second-order valence-corrected chi connectivity index (χ2v) is 5.44. The van der Waals surface area contributed by atoms with Gasteiger partial charge in [-0.15, -0.1) is 0 Å². The standard InChI is InChI=1S/C13H9NO4.C6H5NO3/c15-13(16)12-7-2-1-6-11(12)9-4-3-5-10(8-9)14(17)18;8-6-3-1-2-5(4-6)7(9)10/h1-8H,(H,15,16);1-4,8H. The molecular weight excluding hydrogens is 368 g/mol. The number of nitro benzene ring substituents is 2. The normalized spacial score (nSPS) is 9.71. The van der Waals surface area contributed by atoms with E-state index in [4.69, 9.17) is 10.2 Å². The topological polar surface area (TPSA) is 144 Å². The molecule has 0 heterocycles. The Bertz CT molecular complexity index is 1030. The highest BCUT2D eigenvalue weighted by molar-refractivity contribution is 5.96. The molecule has 3 rings (SSSR count). The molecule has 0 aliphatic heterocycles. The van der Waals surface area contributed by atoms with Crippen LogP contribution in [-0.2, 0) is 0 Å². The molecule has 3 aromatic rings. The number of aromatic hydroxyl groups is 1. The van der Waals surface area contributed by atoms with Crippen molar-refractivity contribution in [3.63, 3.8) is 0 Å². The zero-order valence-electron chi connectivity index (χ0n) is 14.3. The highest BCUT2D eigenvalue weighted by Crippen LogP contribution is 2.26. The van der Waals surface area contributed by atoms with Crippen molar-refractivity contribution in [3.8, 4) is 16.9 Å². The molecule has 2 N–H and O–H groups in total. The first-order valence-electron chi connectivity index (χ1n) is 7.80. The number of benzene rings is 3. The molecule has 0 saturated carbocycles. The molecule has 0 aromatic heterocycles. The first-order chi connectivity index (χ1) is 13.3. The van der Waals surface area contributed by atoms with Crippen molar-refractivity contribution in [2.75, 3.05) is 0 Å². The number of nitro groups is 2. The zero-order chi connectivity index (χ0) is 20.7. The minimum Gasteiger partial charge on any atom is -0.508 e. The Hall–Kier alpha value is -4.27. The van der Waals surface area contributed by atoms with Gasteiger partial charge in [-0.1, -0.05) is 36.4 Å². The van der Waals surface area contributed by atoms with E-state index in [0.717, 1.165) is 6.07 Å². The molecule has 9 nitrogen and oxygen atoms in total.